The van der Waals surface area contributed by atoms with Gasteiger partial charge in [-0.2, -0.15) is 0 Å². The molecular weight excluding hydrogens is 487 g/mol. The molecule has 0 spiro atoms. The van der Waals surface area contributed by atoms with E-state index >= 15 is 0 Å². The van der Waals surface area contributed by atoms with Crippen molar-refractivity contribution in [3.05, 3.63) is 35.9 Å². The number of rotatable bonds is 10. The molecule has 160 valence electrons. The van der Waals surface area contributed by atoms with Crippen LogP contribution in [0.2, 0.25) is 0 Å². The molecule has 1 aliphatic rings. The van der Waals surface area contributed by atoms with Crippen molar-refractivity contribution in [2.45, 2.75) is 44.9 Å². The van der Waals surface area contributed by atoms with Crippen LogP contribution < -0.4 is 10.6 Å². The monoisotopic (exact) mass is 522 g/mol. The van der Waals surface area contributed by atoms with Crippen LogP contribution in [0.25, 0.3) is 0 Å². The predicted molar refractivity (Wildman–Crippen MR) is 128 cm³/mol. The lowest BCUT2D eigenvalue weighted by Gasteiger charge is -2.21. The van der Waals surface area contributed by atoms with Gasteiger partial charge in [0, 0.05) is 19.1 Å². The average molecular weight is 522 g/mol. The van der Waals surface area contributed by atoms with E-state index < -0.39 is 9.84 Å². The van der Waals surface area contributed by atoms with Gasteiger partial charge in [0.05, 0.1) is 18.1 Å². The van der Waals surface area contributed by atoms with E-state index in [2.05, 4.69) is 22.5 Å². The summed E-state index contributed by atoms with van der Waals surface area (Å²) >= 11 is 0. The topological polar surface area (TPSA) is 73.8 Å². The first-order valence-electron chi connectivity index (χ1n) is 10.0. The van der Waals surface area contributed by atoms with E-state index in [0.29, 0.717) is 19.0 Å². The van der Waals surface area contributed by atoms with Crippen molar-refractivity contribution in [3.8, 4) is 0 Å². The number of sulfone groups is 1. The molecule has 2 rings (SSSR count). The van der Waals surface area contributed by atoms with Crippen molar-refractivity contribution < 1.29 is 8.42 Å². The molecule has 1 aromatic rings. The Morgan fingerprint density at radius 1 is 1.21 bits per heavy atom. The molecule has 1 saturated heterocycles. The molecule has 28 heavy (non-hydrogen) atoms. The van der Waals surface area contributed by atoms with Gasteiger partial charge in [-0.3, -0.25) is 9.89 Å². The van der Waals surface area contributed by atoms with Crippen molar-refractivity contribution >= 4 is 39.8 Å². The highest BCUT2D eigenvalue weighted by Crippen LogP contribution is 2.16. The van der Waals surface area contributed by atoms with Gasteiger partial charge in [-0.25, -0.2) is 8.42 Å². The molecule has 1 unspecified atom stereocenters. The second-order valence-corrected chi connectivity index (χ2v) is 9.19. The highest BCUT2D eigenvalue weighted by Gasteiger charge is 2.22. The fourth-order valence-corrected chi connectivity index (χ4v) is 4.88. The van der Waals surface area contributed by atoms with Gasteiger partial charge in [-0.1, -0.05) is 37.3 Å². The molecule has 1 fully saturated rings. The van der Waals surface area contributed by atoms with Gasteiger partial charge >= 0.3 is 0 Å². The van der Waals surface area contributed by atoms with Crippen LogP contribution in [0.3, 0.4) is 0 Å². The van der Waals surface area contributed by atoms with Crippen LogP contribution >= 0.6 is 24.0 Å². The number of likely N-dealkylation sites (tertiary alicyclic amines) is 1. The quantitative estimate of drug-likeness (QED) is 0.214. The van der Waals surface area contributed by atoms with Crippen LogP contribution in [0.4, 0.5) is 0 Å². The summed E-state index contributed by atoms with van der Waals surface area (Å²) in [5, 5.41) is 6.52. The first kappa shape index (κ1) is 25.2. The molecular formula is C20H35IN4O2S. The van der Waals surface area contributed by atoms with E-state index in [1.807, 2.05) is 37.3 Å². The largest absolute Gasteiger partial charge is 0.357 e. The molecule has 0 saturated carbocycles. The van der Waals surface area contributed by atoms with Crippen LogP contribution in [-0.4, -0.2) is 63.8 Å². The normalized spacial score (nSPS) is 17.9. The lowest BCUT2D eigenvalue weighted by Crippen LogP contribution is -2.40. The van der Waals surface area contributed by atoms with Crippen LogP contribution in [0, 0.1) is 0 Å². The zero-order chi connectivity index (χ0) is 19.5. The zero-order valence-electron chi connectivity index (χ0n) is 17.1. The minimum absolute atomic E-state index is 0. The average Bonchev–Trinajstić information content (AvgIpc) is 3.11. The van der Waals surface area contributed by atoms with Crippen LogP contribution in [0.5, 0.6) is 0 Å². The Labute approximate surface area is 187 Å². The van der Waals surface area contributed by atoms with Crippen molar-refractivity contribution in [3.63, 3.8) is 0 Å². The number of hydrogen-bond acceptors (Lipinski definition) is 4. The van der Waals surface area contributed by atoms with Gasteiger partial charge in [0.2, 0.25) is 0 Å². The number of guanidine groups is 1. The van der Waals surface area contributed by atoms with Crippen molar-refractivity contribution in [1.82, 2.24) is 15.5 Å². The van der Waals surface area contributed by atoms with Crippen LogP contribution in [-0.2, 0) is 15.6 Å². The van der Waals surface area contributed by atoms with Crippen molar-refractivity contribution in [2.24, 2.45) is 4.99 Å². The van der Waals surface area contributed by atoms with Crippen LogP contribution in [0.1, 0.15) is 38.7 Å². The highest BCUT2D eigenvalue weighted by atomic mass is 127. The van der Waals surface area contributed by atoms with E-state index in [1.165, 1.54) is 19.4 Å². The molecule has 1 aliphatic heterocycles. The van der Waals surface area contributed by atoms with Crippen LogP contribution in [0.15, 0.2) is 35.3 Å². The first-order chi connectivity index (χ1) is 13.0. The Morgan fingerprint density at radius 2 is 1.96 bits per heavy atom. The van der Waals surface area contributed by atoms with Gasteiger partial charge in [0.15, 0.2) is 15.8 Å². The summed E-state index contributed by atoms with van der Waals surface area (Å²) in [6, 6.07) is 9.87. The Balaban J connectivity index is 0.00000392. The maximum Gasteiger partial charge on any atom is 0.191 e. The number of nitrogens with zero attached hydrogens (tertiary/aromatic N) is 2. The lowest BCUT2D eigenvalue weighted by molar-refractivity contribution is 0.273. The number of aliphatic imine (C=N–C) groups is 1. The molecule has 6 nitrogen and oxygen atoms in total. The minimum Gasteiger partial charge on any atom is -0.357 e. The summed E-state index contributed by atoms with van der Waals surface area (Å²) in [4.78, 5) is 7.17. The number of hydrogen-bond donors (Lipinski definition) is 2. The highest BCUT2D eigenvalue weighted by molar-refractivity contribution is 14.0. The summed E-state index contributed by atoms with van der Waals surface area (Å²) in [7, 11) is -3.09. The molecule has 2 N–H and O–H groups in total. The number of nitrogens with one attached hydrogen (secondary N) is 2. The van der Waals surface area contributed by atoms with Gasteiger partial charge in [0.25, 0.3) is 0 Å². The van der Waals surface area contributed by atoms with E-state index in [9.17, 15) is 8.42 Å². The third-order valence-electron chi connectivity index (χ3n) is 4.86. The minimum atomic E-state index is -3.09. The van der Waals surface area contributed by atoms with Gasteiger partial charge in [-0.05, 0) is 44.8 Å². The summed E-state index contributed by atoms with van der Waals surface area (Å²) in [6.07, 6.45) is 3.02. The third-order valence-corrected chi connectivity index (χ3v) is 6.55. The van der Waals surface area contributed by atoms with Gasteiger partial charge in [-0.15, -0.1) is 24.0 Å². The summed E-state index contributed by atoms with van der Waals surface area (Å²) in [5.74, 6) is 1.07. The zero-order valence-corrected chi connectivity index (χ0v) is 20.2. The second-order valence-electron chi connectivity index (χ2n) is 7.00. The number of likely N-dealkylation sites (N-methyl/N-ethyl adjacent to an activating group) is 1. The predicted octanol–water partition coefficient (Wildman–Crippen LogP) is 2.65. The van der Waals surface area contributed by atoms with E-state index in [-0.39, 0.29) is 35.5 Å². The standard InChI is InChI=1S/C20H34N4O2S.HI/c1-3-21-20(23-16-19-12-8-14-24(19)4-2)22-13-9-15-27(25,26)17-18-10-6-5-7-11-18;/h5-7,10-11,19H,3-4,8-9,12-17H2,1-2H3,(H2,21,22,23);1H. The molecule has 0 aliphatic carbocycles. The summed E-state index contributed by atoms with van der Waals surface area (Å²) in [5.41, 5.74) is 0.845. The molecule has 8 heteroatoms. The van der Waals surface area contributed by atoms with E-state index in [1.54, 1.807) is 0 Å². The lowest BCUT2D eigenvalue weighted by atomic mass is 10.2. The van der Waals surface area contributed by atoms with E-state index in [0.717, 1.165) is 31.2 Å². The Kier molecular flexibility index (Phi) is 12.0. The maximum absolute atomic E-state index is 12.3. The Bertz CT molecular complexity index is 683. The number of benzene rings is 1. The first-order valence-corrected chi connectivity index (χ1v) is 11.9. The molecule has 0 amide bonds. The molecule has 1 heterocycles. The molecule has 0 aromatic heterocycles. The van der Waals surface area contributed by atoms with Gasteiger partial charge in [0.1, 0.15) is 0 Å². The van der Waals surface area contributed by atoms with Crippen molar-refractivity contribution in [2.75, 3.05) is 38.5 Å². The van der Waals surface area contributed by atoms with Gasteiger partial charge < -0.3 is 10.6 Å². The Morgan fingerprint density at radius 3 is 2.64 bits per heavy atom. The SMILES string of the molecule is CCNC(=NCC1CCCN1CC)NCCCS(=O)(=O)Cc1ccccc1.I. The van der Waals surface area contributed by atoms with E-state index in [4.69, 9.17) is 4.99 Å². The molecule has 1 atom stereocenters. The maximum atomic E-state index is 12.3. The molecule has 0 radical (unpaired) electrons. The Hall–Kier alpha value is -0.870. The summed E-state index contributed by atoms with van der Waals surface area (Å²) in [6.45, 7) is 8.65. The molecule has 0 bridgehead atoms. The number of halogens is 1. The fraction of sp³-hybridized carbons (Fsp3) is 0.650. The fourth-order valence-electron chi connectivity index (χ4n) is 3.46. The van der Waals surface area contributed by atoms with Crippen molar-refractivity contribution in [1.29, 1.82) is 0 Å². The second kappa shape index (κ2) is 13.4. The molecule has 1 aromatic carbocycles. The summed E-state index contributed by atoms with van der Waals surface area (Å²) < 4.78 is 24.5. The smallest absolute Gasteiger partial charge is 0.191 e. The third kappa shape index (κ3) is 9.09.